The molecule has 1 unspecified atom stereocenters. The fraction of sp³-hybridized carbons (Fsp3) is 0.923. The number of piperidine rings is 1. The highest BCUT2D eigenvalue weighted by Gasteiger charge is 2.41. The molecule has 1 aliphatic carbocycles. The topological polar surface area (TPSA) is 41.1 Å². The summed E-state index contributed by atoms with van der Waals surface area (Å²) >= 11 is 0. The highest BCUT2D eigenvalue weighted by Crippen LogP contribution is 2.48. The molecule has 1 saturated carbocycles. The Balaban J connectivity index is 0.00000144. The van der Waals surface area contributed by atoms with Crippen LogP contribution in [0, 0.1) is 11.3 Å². The zero-order valence-corrected chi connectivity index (χ0v) is 11.6. The Morgan fingerprint density at radius 1 is 1.47 bits per heavy atom. The van der Waals surface area contributed by atoms with Gasteiger partial charge in [-0.2, -0.15) is 0 Å². The van der Waals surface area contributed by atoms with E-state index in [1.54, 1.807) is 0 Å². The number of nitrogens with one attached hydrogen (secondary N) is 2. The van der Waals surface area contributed by atoms with Crippen LogP contribution < -0.4 is 10.6 Å². The number of halogens is 1. The summed E-state index contributed by atoms with van der Waals surface area (Å²) in [5, 5.41) is 6.45. The van der Waals surface area contributed by atoms with Gasteiger partial charge >= 0.3 is 0 Å². The molecule has 1 saturated heterocycles. The molecule has 2 rings (SSSR count). The van der Waals surface area contributed by atoms with Crippen LogP contribution in [-0.4, -0.2) is 25.5 Å². The maximum atomic E-state index is 11.9. The fourth-order valence-electron chi connectivity index (χ4n) is 2.72. The molecular formula is C13H25ClN2O. The van der Waals surface area contributed by atoms with E-state index in [4.69, 9.17) is 0 Å². The Morgan fingerprint density at radius 2 is 2.24 bits per heavy atom. The molecule has 3 nitrogen and oxygen atoms in total. The van der Waals surface area contributed by atoms with Crippen molar-refractivity contribution < 1.29 is 4.79 Å². The van der Waals surface area contributed by atoms with Crippen molar-refractivity contribution in [3.8, 4) is 0 Å². The maximum absolute atomic E-state index is 11.9. The van der Waals surface area contributed by atoms with Gasteiger partial charge in [0.2, 0.25) is 5.91 Å². The van der Waals surface area contributed by atoms with Crippen LogP contribution in [0.15, 0.2) is 0 Å². The molecule has 1 heterocycles. The summed E-state index contributed by atoms with van der Waals surface area (Å²) in [6.07, 6.45) is 7.32. The molecule has 100 valence electrons. The summed E-state index contributed by atoms with van der Waals surface area (Å²) in [5.41, 5.74) is 0.479. The minimum atomic E-state index is 0. The number of carbonyl (C=O) groups is 1. The quantitative estimate of drug-likeness (QED) is 0.795. The predicted molar refractivity (Wildman–Crippen MR) is 72.4 cm³/mol. The van der Waals surface area contributed by atoms with Gasteiger partial charge in [-0.05, 0) is 44.1 Å². The molecule has 0 aromatic rings. The number of carbonyl (C=O) groups excluding carboxylic acids is 1. The fourth-order valence-corrected chi connectivity index (χ4v) is 2.72. The molecule has 1 atom stereocenters. The van der Waals surface area contributed by atoms with Crippen molar-refractivity contribution in [3.63, 3.8) is 0 Å². The van der Waals surface area contributed by atoms with Crippen LogP contribution in [-0.2, 0) is 4.79 Å². The molecule has 0 aromatic heterocycles. The van der Waals surface area contributed by atoms with Crippen molar-refractivity contribution in [3.05, 3.63) is 0 Å². The molecule has 0 aromatic carbocycles. The third-order valence-electron chi connectivity index (χ3n) is 4.04. The second kappa shape index (κ2) is 6.60. The lowest BCUT2D eigenvalue weighted by molar-refractivity contribution is -0.125. The lowest BCUT2D eigenvalue weighted by Gasteiger charge is -2.23. The normalized spacial score (nSPS) is 25.8. The van der Waals surface area contributed by atoms with Gasteiger partial charge < -0.3 is 10.6 Å². The highest BCUT2D eigenvalue weighted by atomic mass is 35.5. The zero-order valence-electron chi connectivity index (χ0n) is 10.8. The zero-order chi connectivity index (χ0) is 11.4. The molecule has 0 radical (unpaired) electrons. The van der Waals surface area contributed by atoms with Gasteiger partial charge in [0.25, 0.3) is 0 Å². The Labute approximate surface area is 111 Å². The van der Waals surface area contributed by atoms with Gasteiger partial charge in [0, 0.05) is 13.1 Å². The van der Waals surface area contributed by atoms with Gasteiger partial charge in [0.1, 0.15) is 0 Å². The van der Waals surface area contributed by atoms with Crippen molar-refractivity contribution in [2.45, 2.75) is 45.4 Å². The minimum absolute atomic E-state index is 0. The number of rotatable bonds is 5. The average Bonchev–Trinajstić information content (AvgIpc) is 3.08. The van der Waals surface area contributed by atoms with Crippen LogP contribution in [0.25, 0.3) is 0 Å². The molecule has 2 fully saturated rings. The molecular weight excluding hydrogens is 236 g/mol. The third-order valence-corrected chi connectivity index (χ3v) is 4.04. The lowest BCUT2D eigenvalue weighted by Crippen LogP contribution is -2.42. The van der Waals surface area contributed by atoms with Crippen LogP contribution in [0.4, 0.5) is 0 Å². The molecule has 17 heavy (non-hydrogen) atoms. The van der Waals surface area contributed by atoms with E-state index in [1.807, 2.05) is 0 Å². The Bertz CT molecular complexity index is 248. The SMILES string of the molecule is CCCC1(CNC(=O)C2CCCNC2)CC1.Cl. The van der Waals surface area contributed by atoms with Crippen LogP contribution >= 0.6 is 12.4 Å². The van der Waals surface area contributed by atoms with Gasteiger partial charge in [-0.15, -0.1) is 12.4 Å². The third kappa shape index (κ3) is 4.14. The summed E-state index contributed by atoms with van der Waals surface area (Å²) in [5.74, 6) is 0.487. The van der Waals surface area contributed by atoms with E-state index in [0.29, 0.717) is 5.41 Å². The molecule has 1 amide bonds. The van der Waals surface area contributed by atoms with Crippen molar-refractivity contribution in [1.29, 1.82) is 0 Å². The van der Waals surface area contributed by atoms with Gasteiger partial charge in [0.05, 0.1) is 5.92 Å². The average molecular weight is 261 g/mol. The maximum Gasteiger partial charge on any atom is 0.224 e. The van der Waals surface area contributed by atoms with Crippen molar-refractivity contribution in [2.75, 3.05) is 19.6 Å². The summed E-state index contributed by atoms with van der Waals surface area (Å²) in [4.78, 5) is 11.9. The van der Waals surface area contributed by atoms with E-state index in [9.17, 15) is 4.79 Å². The van der Waals surface area contributed by atoms with E-state index in [2.05, 4.69) is 17.6 Å². The van der Waals surface area contributed by atoms with Crippen LogP contribution in [0.3, 0.4) is 0 Å². The van der Waals surface area contributed by atoms with E-state index < -0.39 is 0 Å². The predicted octanol–water partition coefficient (Wildman–Crippen LogP) is 2.10. The molecule has 2 aliphatic rings. The number of amides is 1. The molecule has 2 N–H and O–H groups in total. The summed E-state index contributed by atoms with van der Waals surface area (Å²) in [6.45, 7) is 5.08. The first-order valence-electron chi connectivity index (χ1n) is 6.74. The van der Waals surface area contributed by atoms with Crippen LogP contribution in [0.5, 0.6) is 0 Å². The van der Waals surface area contributed by atoms with Crippen molar-refractivity contribution in [1.82, 2.24) is 10.6 Å². The molecule has 4 heteroatoms. The summed E-state index contributed by atoms with van der Waals surface area (Å²) in [7, 11) is 0. The van der Waals surface area contributed by atoms with E-state index in [1.165, 1.54) is 25.7 Å². The second-order valence-corrected chi connectivity index (χ2v) is 5.51. The van der Waals surface area contributed by atoms with Gasteiger partial charge in [-0.1, -0.05) is 13.3 Å². The first-order valence-corrected chi connectivity index (χ1v) is 6.74. The Kier molecular flexibility index (Phi) is 5.74. The number of hydrogen-bond donors (Lipinski definition) is 2. The van der Waals surface area contributed by atoms with Crippen LogP contribution in [0.1, 0.15) is 45.4 Å². The van der Waals surface area contributed by atoms with Gasteiger partial charge in [-0.3, -0.25) is 4.79 Å². The van der Waals surface area contributed by atoms with Gasteiger partial charge in [-0.25, -0.2) is 0 Å². The minimum Gasteiger partial charge on any atom is -0.355 e. The first-order chi connectivity index (χ1) is 7.76. The standard InChI is InChI=1S/C13H24N2O.ClH/c1-2-5-13(6-7-13)10-15-12(16)11-4-3-8-14-9-11;/h11,14H,2-10H2,1H3,(H,15,16);1H. The van der Waals surface area contributed by atoms with E-state index in [0.717, 1.165) is 32.5 Å². The first kappa shape index (κ1) is 14.8. The smallest absolute Gasteiger partial charge is 0.224 e. The van der Waals surface area contributed by atoms with Crippen LogP contribution in [0.2, 0.25) is 0 Å². The van der Waals surface area contributed by atoms with Gasteiger partial charge in [0.15, 0.2) is 0 Å². The van der Waals surface area contributed by atoms with Crippen molar-refractivity contribution in [2.24, 2.45) is 11.3 Å². The lowest BCUT2D eigenvalue weighted by atomic mass is 9.97. The van der Waals surface area contributed by atoms with Crippen molar-refractivity contribution >= 4 is 18.3 Å². The second-order valence-electron chi connectivity index (χ2n) is 5.51. The number of hydrogen-bond acceptors (Lipinski definition) is 2. The Morgan fingerprint density at radius 3 is 2.76 bits per heavy atom. The molecule has 0 bridgehead atoms. The molecule has 1 aliphatic heterocycles. The molecule has 0 spiro atoms. The monoisotopic (exact) mass is 260 g/mol. The van der Waals surface area contributed by atoms with E-state index >= 15 is 0 Å². The largest absolute Gasteiger partial charge is 0.355 e. The summed E-state index contributed by atoms with van der Waals surface area (Å²) < 4.78 is 0. The highest BCUT2D eigenvalue weighted by molar-refractivity contribution is 5.85. The summed E-state index contributed by atoms with van der Waals surface area (Å²) in [6, 6.07) is 0. The van der Waals surface area contributed by atoms with E-state index in [-0.39, 0.29) is 24.2 Å². The Hall–Kier alpha value is -0.280.